The Morgan fingerprint density at radius 1 is 1.39 bits per heavy atom. The lowest BCUT2D eigenvalue weighted by Crippen LogP contribution is -2.40. The molecule has 0 rings (SSSR count). The van der Waals surface area contributed by atoms with Gasteiger partial charge in [0, 0.05) is 31.1 Å². The lowest BCUT2D eigenvalue weighted by Gasteiger charge is -2.23. The molecule has 7 heteroatoms. The van der Waals surface area contributed by atoms with Crippen LogP contribution in [0, 0.1) is 10.1 Å². The Kier molecular flexibility index (Phi) is 7.26. The summed E-state index contributed by atoms with van der Waals surface area (Å²) < 4.78 is 9.99. The number of ether oxygens (including phenoxy) is 2. The van der Waals surface area contributed by atoms with Crippen LogP contribution in [-0.4, -0.2) is 42.9 Å². The second kappa shape index (κ2) is 7.86. The number of methoxy groups -OCH3 is 1. The monoisotopic (exact) mass is 262 g/mol. The van der Waals surface area contributed by atoms with Gasteiger partial charge < -0.3 is 14.8 Å². The Morgan fingerprint density at radius 3 is 2.44 bits per heavy atom. The number of rotatable bonds is 7. The van der Waals surface area contributed by atoms with Crippen molar-refractivity contribution in [2.24, 2.45) is 0 Å². The maximum atomic E-state index is 11.5. The predicted octanol–water partition coefficient (Wildman–Crippen LogP) is 1.58. The minimum Gasteiger partial charge on any atom is -0.444 e. The molecule has 18 heavy (non-hydrogen) atoms. The molecule has 0 bridgehead atoms. The van der Waals surface area contributed by atoms with E-state index in [1.165, 1.54) is 7.11 Å². The van der Waals surface area contributed by atoms with Gasteiger partial charge in [-0.25, -0.2) is 4.79 Å². The second-order valence-electron chi connectivity index (χ2n) is 4.97. The molecular formula is C11H22N2O5. The molecule has 1 N–H and O–H groups in total. The van der Waals surface area contributed by atoms with Crippen molar-refractivity contribution in [1.29, 1.82) is 0 Å². The second-order valence-corrected chi connectivity index (χ2v) is 4.97. The van der Waals surface area contributed by atoms with E-state index in [2.05, 4.69) is 5.32 Å². The zero-order valence-corrected chi connectivity index (χ0v) is 11.4. The third-order valence-corrected chi connectivity index (χ3v) is 2.05. The van der Waals surface area contributed by atoms with Crippen molar-refractivity contribution in [3.63, 3.8) is 0 Å². The molecule has 0 unspecified atom stereocenters. The maximum Gasteiger partial charge on any atom is 0.407 e. The minimum absolute atomic E-state index is 0.190. The van der Waals surface area contributed by atoms with Crippen LogP contribution >= 0.6 is 0 Å². The molecule has 106 valence electrons. The van der Waals surface area contributed by atoms with E-state index in [4.69, 9.17) is 9.47 Å². The summed E-state index contributed by atoms with van der Waals surface area (Å²) in [4.78, 5) is 21.4. The number of carbonyl (C=O) groups is 1. The molecule has 0 aliphatic carbocycles. The van der Waals surface area contributed by atoms with Crippen LogP contribution in [0.5, 0.6) is 0 Å². The molecule has 1 amide bonds. The van der Waals surface area contributed by atoms with Crippen molar-refractivity contribution in [2.75, 3.05) is 20.3 Å². The first-order valence-electron chi connectivity index (χ1n) is 5.85. The highest BCUT2D eigenvalue weighted by atomic mass is 16.6. The highest BCUT2D eigenvalue weighted by Gasteiger charge is 2.20. The van der Waals surface area contributed by atoms with E-state index >= 15 is 0 Å². The van der Waals surface area contributed by atoms with Crippen molar-refractivity contribution in [3.8, 4) is 0 Å². The van der Waals surface area contributed by atoms with Crippen LogP contribution < -0.4 is 5.32 Å². The van der Waals surface area contributed by atoms with Gasteiger partial charge in [-0.05, 0) is 27.2 Å². The summed E-state index contributed by atoms with van der Waals surface area (Å²) in [6.07, 6.45) is 0.214. The number of hydrogen-bond acceptors (Lipinski definition) is 5. The van der Waals surface area contributed by atoms with E-state index < -0.39 is 16.6 Å². The summed E-state index contributed by atoms with van der Waals surface area (Å²) in [5.74, 6) is 0. The van der Waals surface area contributed by atoms with Gasteiger partial charge in [-0.15, -0.1) is 0 Å². The van der Waals surface area contributed by atoms with Crippen LogP contribution in [0.1, 0.15) is 33.6 Å². The fourth-order valence-corrected chi connectivity index (χ4v) is 1.28. The van der Waals surface area contributed by atoms with Gasteiger partial charge in [-0.2, -0.15) is 0 Å². The van der Waals surface area contributed by atoms with Gasteiger partial charge in [0.05, 0.1) is 0 Å². The largest absolute Gasteiger partial charge is 0.444 e. The highest BCUT2D eigenvalue weighted by molar-refractivity contribution is 5.68. The maximum absolute atomic E-state index is 11.5. The smallest absolute Gasteiger partial charge is 0.407 e. The van der Waals surface area contributed by atoms with E-state index in [9.17, 15) is 14.9 Å². The van der Waals surface area contributed by atoms with Crippen molar-refractivity contribution in [3.05, 3.63) is 10.1 Å². The van der Waals surface area contributed by atoms with Gasteiger partial charge in [0.25, 0.3) is 0 Å². The normalized spacial score (nSPS) is 12.9. The average Bonchev–Trinajstić information content (AvgIpc) is 2.19. The molecule has 0 aliphatic rings. The summed E-state index contributed by atoms with van der Waals surface area (Å²) in [5, 5.41) is 12.9. The number of alkyl carbamates (subject to hydrolysis) is 1. The van der Waals surface area contributed by atoms with Gasteiger partial charge in [0.2, 0.25) is 6.54 Å². The van der Waals surface area contributed by atoms with Crippen molar-refractivity contribution < 1.29 is 19.2 Å². The Bertz CT molecular complexity index is 275. The van der Waals surface area contributed by atoms with E-state index in [1.807, 2.05) is 0 Å². The fraction of sp³-hybridized carbons (Fsp3) is 0.909. The third kappa shape index (κ3) is 9.83. The van der Waals surface area contributed by atoms with Gasteiger partial charge in [-0.3, -0.25) is 10.1 Å². The highest BCUT2D eigenvalue weighted by Crippen LogP contribution is 2.08. The molecule has 0 aromatic heterocycles. The first-order chi connectivity index (χ1) is 8.24. The standard InChI is InChI=1S/C11H22N2O5/c1-11(2,3)18-10(14)12-9(6-8-17-4)5-7-13(15)16/h9H,5-8H2,1-4H3,(H,12,14)/t9-/m0/s1. The van der Waals surface area contributed by atoms with E-state index in [1.54, 1.807) is 20.8 Å². The molecular weight excluding hydrogens is 240 g/mol. The van der Waals surface area contributed by atoms with E-state index in [-0.39, 0.29) is 19.0 Å². The molecule has 1 atom stereocenters. The molecule has 0 aliphatic heterocycles. The van der Waals surface area contributed by atoms with Crippen LogP contribution in [0.4, 0.5) is 4.79 Å². The summed E-state index contributed by atoms with van der Waals surface area (Å²) >= 11 is 0. The Balaban J connectivity index is 4.20. The van der Waals surface area contributed by atoms with Gasteiger partial charge in [0.1, 0.15) is 5.60 Å². The Morgan fingerprint density at radius 2 is 2.00 bits per heavy atom. The number of amides is 1. The first-order valence-corrected chi connectivity index (χ1v) is 5.85. The molecule has 0 aromatic rings. The van der Waals surface area contributed by atoms with Crippen LogP contribution in [0.2, 0.25) is 0 Å². The molecule has 0 aromatic carbocycles. The number of nitro groups is 1. The average molecular weight is 262 g/mol. The van der Waals surface area contributed by atoms with Gasteiger partial charge in [-0.1, -0.05) is 0 Å². The summed E-state index contributed by atoms with van der Waals surface area (Å²) in [7, 11) is 1.54. The Labute approximate surface area is 107 Å². The van der Waals surface area contributed by atoms with Gasteiger partial charge in [0.15, 0.2) is 0 Å². The minimum atomic E-state index is -0.584. The zero-order valence-electron chi connectivity index (χ0n) is 11.4. The molecule has 0 saturated carbocycles. The summed E-state index contributed by atoms with van der Waals surface area (Å²) in [6, 6.07) is -0.315. The fourth-order valence-electron chi connectivity index (χ4n) is 1.28. The van der Waals surface area contributed by atoms with E-state index in [0.717, 1.165) is 0 Å². The van der Waals surface area contributed by atoms with Crippen molar-refractivity contribution >= 4 is 6.09 Å². The SMILES string of the molecule is COCC[C@H](CC[N+](=O)[O-])NC(=O)OC(C)(C)C. The quantitative estimate of drug-likeness (QED) is 0.555. The van der Waals surface area contributed by atoms with Crippen molar-refractivity contribution in [2.45, 2.75) is 45.3 Å². The predicted molar refractivity (Wildman–Crippen MR) is 66.1 cm³/mol. The Hall–Kier alpha value is -1.37. The molecule has 0 heterocycles. The summed E-state index contributed by atoms with van der Waals surface area (Å²) in [6.45, 7) is 5.51. The van der Waals surface area contributed by atoms with Crippen molar-refractivity contribution in [1.82, 2.24) is 5.32 Å². The van der Waals surface area contributed by atoms with Crippen LogP contribution in [0.25, 0.3) is 0 Å². The molecule has 7 nitrogen and oxygen atoms in total. The lowest BCUT2D eigenvalue weighted by atomic mass is 10.1. The molecule has 0 spiro atoms. The molecule has 0 fully saturated rings. The lowest BCUT2D eigenvalue weighted by molar-refractivity contribution is -0.481. The topological polar surface area (TPSA) is 90.7 Å². The van der Waals surface area contributed by atoms with E-state index in [0.29, 0.717) is 13.0 Å². The molecule has 0 radical (unpaired) electrons. The van der Waals surface area contributed by atoms with Gasteiger partial charge >= 0.3 is 6.09 Å². The van der Waals surface area contributed by atoms with Crippen LogP contribution in [0.15, 0.2) is 0 Å². The third-order valence-electron chi connectivity index (χ3n) is 2.05. The number of carbonyl (C=O) groups excluding carboxylic acids is 1. The van der Waals surface area contributed by atoms with Crippen LogP contribution in [-0.2, 0) is 9.47 Å². The number of nitrogens with one attached hydrogen (secondary N) is 1. The van der Waals surface area contributed by atoms with Crippen LogP contribution in [0.3, 0.4) is 0 Å². The molecule has 0 saturated heterocycles. The number of nitrogens with zero attached hydrogens (tertiary/aromatic N) is 1. The summed E-state index contributed by atoms with van der Waals surface area (Å²) in [5.41, 5.74) is -0.584. The zero-order chi connectivity index (χ0) is 14.2. The number of hydrogen-bond donors (Lipinski definition) is 1. The first kappa shape index (κ1) is 16.6.